The van der Waals surface area contributed by atoms with Crippen LogP contribution in [0.3, 0.4) is 0 Å². The summed E-state index contributed by atoms with van der Waals surface area (Å²) in [4.78, 5) is 26.8. The minimum absolute atomic E-state index is 0.0340. The van der Waals surface area contributed by atoms with Crippen molar-refractivity contribution in [1.82, 2.24) is 4.90 Å². The normalized spacial score (nSPS) is 10.3. The van der Waals surface area contributed by atoms with Crippen LogP contribution in [0.5, 0.6) is 0 Å². The fourth-order valence-electron chi connectivity index (χ4n) is 1.99. The van der Waals surface area contributed by atoms with E-state index in [4.69, 9.17) is 0 Å². The van der Waals surface area contributed by atoms with Crippen molar-refractivity contribution in [3.63, 3.8) is 0 Å². The summed E-state index contributed by atoms with van der Waals surface area (Å²) in [5, 5.41) is 4.84. The molecule has 0 unspecified atom stereocenters. The summed E-state index contributed by atoms with van der Waals surface area (Å²) >= 11 is 2.97. The molecule has 0 spiro atoms. The Bertz CT molecular complexity index is 656. The molecule has 0 fully saturated rings. The number of nitrogens with zero attached hydrogens (tertiary/aromatic N) is 1. The van der Waals surface area contributed by atoms with E-state index < -0.39 is 0 Å². The zero-order valence-corrected chi connectivity index (χ0v) is 14.9. The van der Waals surface area contributed by atoms with Crippen LogP contribution >= 0.6 is 23.1 Å². The second kappa shape index (κ2) is 8.74. The molecular weight excluding hydrogens is 328 g/mol. The highest BCUT2D eigenvalue weighted by Gasteiger charge is 2.11. The lowest BCUT2D eigenvalue weighted by Gasteiger charge is -2.15. The molecule has 1 aromatic carbocycles. The van der Waals surface area contributed by atoms with Gasteiger partial charge in [-0.15, -0.1) is 23.1 Å². The number of aryl methyl sites for hydroxylation is 1. The topological polar surface area (TPSA) is 49.4 Å². The van der Waals surface area contributed by atoms with Gasteiger partial charge in [0.1, 0.15) is 0 Å². The van der Waals surface area contributed by atoms with Gasteiger partial charge in [0.05, 0.1) is 18.1 Å². The first kappa shape index (κ1) is 17.6. The van der Waals surface area contributed by atoms with E-state index in [0.29, 0.717) is 12.3 Å². The molecule has 2 aromatic rings. The Kier molecular flexibility index (Phi) is 6.67. The number of nitrogens with one attached hydrogen (secondary N) is 1. The van der Waals surface area contributed by atoms with E-state index in [1.54, 1.807) is 23.3 Å². The molecule has 0 aliphatic rings. The predicted molar refractivity (Wildman–Crippen MR) is 97.9 cm³/mol. The molecule has 0 atom stereocenters. The summed E-state index contributed by atoms with van der Waals surface area (Å²) in [7, 11) is 1.79. The first-order chi connectivity index (χ1) is 11.0. The fraction of sp³-hybridized carbons (Fsp3) is 0.294. The van der Waals surface area contributed by atoms with E-state index in [0.717, 1.165) is 16.1 Å². The van der Waals surface area contributed by atoms with E-state index in [2.05, 4.69) is 5.32 Å². The Hall–Kier alpha value is -1.79. The van der Waals surface area contributed by atoms with Crippen LogP contribution in [-0.2, 0) is 16.1 Å². The zero-order chi connectivity index (χ0) is 16.7. The lowest BCUT2D eigenvalue weighted by Crippen LogP contribution is -2.28. The van der Waals surface area contributed by atoms with Gasteiger partial charge in [-0.25, -0.2) is 0 Å². The number of anilines is 1. The van der Waals surface area contributed by atoms with Gasteiger partial charge in [0.2, 0.25) is 11.8 Å². The van der Waals surface area contributed by atoms with Crippen molar-refractivity contribution >= 4 is 40.6 Å². The minimum Gasteiger partial charge on any atom is -0.340 e. The van der Waals surface area contributed by atoms with Gasteiger partial charge in [0.25, 0.3) is 0 Å². The first-order valence-electron chi connectivity index (χ1n) is 7.25. The molecule has 1 N–H and O–H groups in total. The van der Waals surface area contributed by atoms with E-state index in [1.807, 2.05) is 48.7 Å². The van der Waals surface area contributed by atoms with Gasteiger partial charge in [-0.05, 0) is 36.1 Å². The highest BCUT2D eigenvalue weighted by Crippen LogP contribution is 2.13. The van der Waals surface area contributed by atoms with Crippen molar-refractivity contribution in [2.45, 2.75) is 13.5 Å². The average molecular weight is 348 g/mol. The number of thiophene rings is 1. The molecule has 0 bridgehead atoms. The van der Waals surface area contributed by atoms with E-state index in [-0.39, 0.29) is 17.6 Å². The summed E-state index contributed by atoms with van der Waals surface area (Å²) in [6, 6.07) is 11.6. The van der Waals surface area contributed by atoms with Gasteiger partial charge in [0, 0.05) is 17.6 Å². The Balaban J connectivity index is 1.69. The lowest BCUT2D eigenvalue weighted by atomic mass is 10.2. The van der Waals surface area contributed by atoms with Crippen LogP contribution in [0.4, 0.5) is 5.69 Å². The van der Waals surface area contributed by atoms with E-state index >= 15 is 0 Å². The zero-order valence-electron chi connectivity index (χ0n) is 13.2. The monoisotopic (exact) mass is 348 g/mol. The molecule has 122 valence electrons. The smallest absolute Gasteiger partial charge is 0.234 e. The average Bonchev–Trinajstić information content (AvgIpc) is 3.00. The highest BCUT2D eigenvalue weighted by atomic mass is 32.2. The van der Waals surface area contributed by atoms with Gasteiger partial charge < -0.3 is 10.2 Å². The highest BCUT2D eigenvalue weighted by molar-refractivity contribution is 8.00. The number of hydrogen-bond acceptors (Lipinski definition) is 4. The second-order valence-electron chi connectivity index (χ2n) is 5.24. The maximum atomic E-state index is 12.0. The number of hydrogen-bond donors (Lipinski definition) is 1. The molecule has 1 heterocycles. The third-order valence-corrected chi connectivity index (χ3v) is 4.94. The minimum atomic E-state index is -0.0886. The number of carbonyl (C=O) groups is 2. The van der Waals surface area contributed by atoms with Crippen LogP contribution < -0.4 is 5.32 Å². The first-order valence-corrected chi connectivity index (χ1v) is 9.28. The molecule has 0 saturated carbocycles. The van der Waals surface area contributed by atoms with Crippen molar-refractivity contribution < 1.29 is 9.59 Å². The molecule has 0 aliphatic heterocycles. The van der Waals surface area contributed by atoms with Gasteiger partial charge in [0.15, 0.2) is 0 Å². The Morgan fingerprint density at radius 2 is 2.04 bits per heavy atom. The summed E-state index contributed by atoms with van der Waals surface area (Å²) in [5.74, 6) is 0.524. The van der Waals surface area contributed by atoms with Crippen molar-refractivity contribution in [1.29, 1.82) is 0 Å². The van der Waals surface area contributed by atoms with Crippen LogP contribution in [0.1, 0.15) is 10.4 Å². The molecule has 0 saturated heterocycles. The summed E-state index contributed by atoms with van der Waals surface area (Å²) < 4.78 is 0. The third kappa shape index (κ3) is 6.08. The van der Waals surface area contributed by atoms with Gasteiger partial charge in [-0.2, -0.15) is 0 Å². The molecule has 2 amide bonds. The lowest BCUT2D eigenvalue weighted by molar-refractivity contribution is -0.127. The van der Waals surface area contributed by atoms with Gasteiger partial charge >= 0.3 is 0 Å². The summed E-state index contributed by atoms with van der Waals surface area (Å²) in [6.07, 6.45) is 0. The van der Waals surface area contributed by atoms with Crippen molar-refractivity contribution in [3.8, 4) is 0 Å². The fourth-order valence-corrected chi connectivity index (χ4v) is 3.50. The molecule has 23 heavy (non-hydrogen) atoms. The Labute approximate surface area is 144 Å². The summed E-state index contributed by atoms with van der Waals surface area (Å²) in [5.41, 5.74) is 1.89. The number of rotatable bonds is 7. The number of amides is 2. The molecule has 2 rings (SSSR count). The molecule has 4 nitrogen and oxygen atoms in total. The molecule has 0 radical (unpaired) electrons. The molecule has 0 aliphatic carbocycles. The molecular formula is C17H20N2O2S2. The Morgan fingerprint density at radius 1 is 1.22 bits per heavy atom. The van der Waals surface area contributed by atoms with E-state index in [1.165, 1.54) is 11.8 Å². The Morgan fingerprint density at radius 3 is 2.74 bits per heavy atom. The third-order valence-electron chi connectivity index (χ3n) is 3.16. The van der Waals surface area contributed by atoms with Crippen LogP contribution in [0.2, 0.25) is 0 Å². The molecule has 1 aromatic heterocycles. The van der Waals surface area contributed by atoms with Crippen molar-refractivity contribution in [2.75, 3.05) is 23.9 Å². The van der Waals surface area contributed by atoms with E-state index in [9.17, 15) is 9.59 Å². The second-order valence-corrected chi connectivity index (χ2v) is 7.26. The quantitative estimate of drug-likeness (QED) is 0.834. The van der Waals surface area contributed by atoms with Crippen molar-refractivity contribution in [2.24, 2.45) is 0 Å². The number of thioether (sulfide) groups is 1. The number of benzene rings is 1. The number of carbonyl (C=O) groups excluding carboxylic acids is 2. The maximum Gasteiger partial charge on any atom is 0.234 e. The predicted octanol–water partition coefficient (Wildman–Crippen LogP) is 3.39. The largest absolute Gasteiger partial charge is 0.340 e. The van der Waals surface area contributed by atoms with Gasteiger partial charge in [-0.1, -0.05) is 18.2 Å². The maximum absolute atomic E-state index is 12.0. The van der Waals surface area contributed by atoms with Crippen LogP contribution in [0.15, 0.2) is 41.8 Å². The summed E-state index contributed by atoms with van der Waals surface area (Å²) in [6.45, 7) is 2.60. The van der Waals surface area contributed by atoms with Crippen LogP contribution in [0.25, 0.3) is 0 Å². The van der Waals surface area contributed by atoms with Crippen LogP contribution in [0, 0.1) is 6.92 Å². The van der Waals surface area contributed by atoms with Crippen LogP contribution in [-0.4, -0.2) is 35.3 Å². The van der Waals surface area contributed by atoms with Crippen molar-refractivity contribution in [3.05, 3.63) is 52.2 Å². The van der Waals surface area contributed by atoms with Gasteiger partial charge in [-0.3, -0.25) is 9.59 Å². The molecule has 6 heteroatoms. The standard InChI is InChI=1S/C17H20N2O2S2/c1-13-5-3-6-14(9-13)18-16(20)11-22-12-17(21)19(2)10-15-7-4-8-23-15/h3-9H,10-12H2,1-2H3,(H,18,20). The SMILES string of the molecule is Cc1cccc(NC(=O)CSCC(=O)N(C)Cc2cccs2)c1.